The van der Waals surface area contributed by atoms with E-state index in [-0.39, 0.29) is 0 Å². The fraction of sp³-hybridized carbons (Fsp3) is 1.00. The minimum atomic E-state index is 0.326. The van der Waals surface area contributed by atoms with Gasteiger partial charge in [-0.25, -0.2) is 0 Å². The molecular weight excluding hydrogens is 144 g/mol. The first-order valence-corrected chi connectivity index (χ1v) is 4.30. The quantitative estimate of drug-likeness (QED) is 0.516. The lowest BCUT2D eigenvalue weighted by molar-refractivity contribution is -0.111. The number of hydrogen-bond donors (Lipinski definition) is 0. The summed E-state index contributed by atoms with van der Waals surface area (Å²) in [7, 11) is 0. The van der Waals surface area contributed by atoms with Gasteiger partial charge < -0.3 is 14.2 Å². The van der Waals surface area contributed by atoms with E-state index in [4.69, 9.17) is 14.2 Å². The van der Waals surface area contributed by atoms with E-state index in [2.05, 4.69) is 0 Å². The first kappa shape index (κ1) is 6.40. The summed E-state index contributed by atoms with van der Waals surface area (Å²) in [5, 5.41) is 0. The van der Waals surface area contributed by atoms with Crippen LogP contribution in [0.3, 0.4) is 0 Å². The molecule has 4 unspecified atom stereocenters. The maximum absolute atomic E-state index is 5.71. The van der Waals surface area contributed by atoms with Crippen molar-refractivity contribution in [3.05, 3.63) is 0 Å². The molecule has 4 atom stereocenters. The van der Waals surface area contributed by atoms with Gasteiger partial charge in [-0.05, 0) is 0 Å². The molecule has 0 aliphatic carbocycles. The smallest absolute Gasteiger partial charge is 0.147 e. The minimum absolute atomic E-state index is 0.326. The standard InChI is InChI=1S/C8H12O3/c1-5-2-8-7(10-4-9-5)3-6(1)11-8/h5-8H,1-4H2. The van der Waals surface area contributed by atoms with E-state index in [1.807, 2.05) is 0 Å². The number of rotatable bonds is 0. The Morgan fingerprint density at radius 1 is 0.818 bits per heavy atom. The molecule has 3 heterocycles. The summed E-state index contributed by atoms with van der Waals surface area (Å²) < 4.78 is 16.7. The summed E-state index contributed by atoms with van der Waals surface area (Å²) >= 11 is 0. The molecule has 0 aromatic carbocycles. The lowest BCUT2D eigenvalue weighted by atomic mass is 10.1. The van der Waals surface area contributed by atoms with Crippen molar-refractivity contribution in [2.24, 2.45) is 0 Å². The molecule has 62 valence electrons. The van der Waals surface area contributed by atoms with E-state index in [9.17, 15) is 0 Å². The molecule has 3 bridgehead atoms. The molecule has 3 rings (SSSR count). The van der Waals surface area contributed by atoms with Crippen LogP contribution in [0.25, 0.3) is 0 Å². The van der Waals surface area contributed by atoms with E-state index >= 15 is 0 Å². The zero-order valence-corrected chi connectivity index (χ0v) is 6.36. The summed E-state index contributed by atoms with van der Waals surface area (Å²) in [4.78, 5) is 0. The van der Waals surface area contributed by atoms with Crippen LogP contribution in [0.2, 0.25) is 0 Å². The van der Waals surface area contributed by atoms with E-state index in [1.54, 1.807) is 0 Å². The third-order valence-corrected chi connectivity index (χ3v) is 2.88. The van der Waals surface area contributed by atoms with Crippen LogP contribution in [0.1, 0.15) is 19.3 Å². The van der Waals surface area contributed by atoms with E-state index in [1.165, 1.54) is 0 Å². The van der Waals surface area contributed by atoms with Gasteiger partial charge in [-0.15, -0.1) is 0 Å². The Morgan fingerprint density at radius 2 is 1.73 bits per heavy atom. The van der Waals surface area contributed by atoms with Crippen LogP contribution in [0, 0.1) is 0 Å². The van der Waals surface area contributed by atoms with Gasteiger partial charge in [-0.1, -0.05) is 0 Å². The predicted octanol–water partition coefficient (Wildman–Crippen LogP) is 0.679. The average molecular weight is 156 g/mol. The molecule has 0 amide bonds. The highest BCUT2D eigenvalue weighted by molar-refractivity contribution is 4.92. The summed E-state index contributed by atoms with van der Waals surface area (Å²) in [5.74, 6) is 0. The Balaban J connectivity index is 1.89. The fourth-order valence-electron chi connectivity index (χ4n) is 2.34. The van der Waals surface area contributed by atoms with Crippen LogP contribution in [-0.4, -0.2) is 31.2 Å². The molecule has 3 nitrogen and oxygen atoms in total. The second-order valence-corrected chi connectivity index (χ2v) is 3.62. The third-order valence-electron chi connectivity index (χ3n) is 2.88. The fourth-order valence-corrected chi connectivity index (χ4v) is 2.34. The zero-order valence-electron chi connectivity index (χ0n) is 6.36. The van der Waals surface area contributed by atoms with E-state index in [0.717, 1.165) is 19.3 Å². The zero-order chi connectivity index (χ0) is 7.26. The van der Waals surface area contributed by atoms with Gasteiger partial charge in [-0.2, -0.15) is 0 Å². The van der Waals surface area contributed by atoms with Gasteiger partial charge in [0.15, 0.2) is 0 Å². The van der Waals surface area contributed by atoms with Crippen molar-refractivity contribution in [3.63, 3.8) is 0 Å². The van der Waals surface area contributed by atoms with Crippen molar-refractivity contribution >= 4 is 0 Å². The van der Waals surface area contributed by atoms with Crippen molar-refractivity contribution < 1.29 is 14.2 Å². The molecule has 3 saturated heterocycles. The number of ether oxygens (including phenoxy) is 3. The Morgan fingerprint density at radius 3 is 2.73 bits per heavy atom. The van der Waals surface area contributed by atoms with E-state index in [0.29, 0.717) is 31.2 Å². The van der Waals surface area contributed by atoms with Gasteiger partial charge >= 0.3 is 0 Å². The van der Waals surface area contributed by atoms with Gasteiger partial charge in [0.2, 0.25) is 0 Å². The molecule has 3 aliphatic rings. The molecule has 0 radical (unpaired) electrons. The number of hydrogen-bond acceptors (Lipinski definition) is 3. The van der Waals surface area contributed by atoms with Gasteiger partial charge in [0.1, 0.15) is 6.79 Å². The second kappa shape index (κ2) is 2.19. The van der Waals surface area contributed by atoms with Crippen molar-refractivity contribution in [1.29, 1.82) is 0 Å². The monoisotopic (exact) mass is 156 g/mol. The first-order chi connectivity index (χ1) is 5.42. The van der Waals surface area contributed by atoms with Crippen LogP contribution in [-0.2, 0) is 14.2 Å². The van der Waals surface area contributed by atoms with Crippen LogP contribution in [0.4, 0.5) is 0 Å². The average Bonchev–Trinajstić information content (AvgIpc) is 2.17. The van der Waals surface area contributed by atoms with Crippen molar-refractivity contribution in [1.82, 2.24) is 0 Å². The van der Waals surface area contributed by atoms with Crippen molar-refractivity contribution in [3.8, 4) is 0 Å². The van der Waals surface area contributed by atoms with Crippen LogP contribution < -0.4 is 0 Å². The lowest BCUT2D eigenvalue weighted by Gasteiger charge is -2.25. The summed E-state index contributed by atoms with van der Waals surface area (Å²) in [5.41, 5.74) is 0. The molecule has 0 spiro atoms. The second-order valence-electron chi connectivity index (χ2n) is 3.62. The first-order valence-electron chi connectivity index (χ1n) is 4.30. The normalized spacial score (nSPS) is 54.5. The summed E-state index contributed by atoms with van der Waals surface area (Å²) in [6.07, 6.45) is 4.70. The Hall–Kier alpha value is -0.120. The summed E-state index contributed by atoms with van der Waals surface area (Å²) in [6.45, 7) is 0.474. The Bertz CT molecular complexity index is 169. The topological polar surface area (TPSA) is 27.7 Å². The Kier molecular flexibility index (Phi) is 1.27. The van der Waals surface area contributed by atoms with Crippen LogP contribution in [0.5, 0.6) is 0 Å². The summed E-state index contributed by atoms with van der Waals surface area (Å²) in [6, 6.07) is 0. The maximum atomic E-state index is 5.71. The highest BCUT2D eigenvalue weighted by Gasteiger charge is 2.44. The van der Waals surface area contributed by atoms with Crippen molar-refractivity contribution in [2.75, 3.05) is 6.79 Å². The molecule has 3 heteroatoms. The van der Waals surface area contributed by atoms with E-state index < -0.39 is 0 Å². The van der Waals surface area contributed by atoms with Crippen LogP contribution in [0.15, 0.2) is 0 Å². The molecule has 0 aromatic rings. The van der Waals surface area contributed by atoms with Gasteiger partial charge in [0.25, 0.3) is 0 Å². The van der Waals surface area contributed by atoms with Gasteiger partial charge in [0, 0.05) is 19.3 Å². The molecular formula is C8H12O3. The van der Waals surface area contributed by atoms with Crippen LogP contribution >= 0.6 is 0 Å². The highest BCUT2D eigenvalue weighted by atomic mass is 16.7. The molecule has 0 aromatic heterocycles. The largest absolute Gasteiger partial charge is 0.372 e. The SMILES string of the molecule is C1OC2CC3CC(O1)C(C2)O3. The van der Waals surface area contributed by atoms with Gasteiger partial charge in [0.05, 0.1) is 24.4 Å². The molecule has 0 N–H and O–H groups in total. The third kappa shape index (κ3) is 0.916. The maximum Gasteiger partial charge on any atom is 0.147 e. The minimum Gasteiger partial charge on any atom is -0.372 e. The molecule has 11 heavy (non-hydrogen) atoms. The lowest BCUT2D eigenvalue weighted by Crippen LogP contribution is -2.30. The molecule has 3 aliphatic heterocycles. The van der Waals surface area contributed by atoms with Crippen molar-refractivity contribution in [2.45, 2.75) is 43.7 Å². The molecule has 0 saturated carbocycles. The van der Waals surface area contributed by atoms with Gasteiger partial charge in [-0.3, -0.25) is 0 Å². The highest BCUT2D eigenvalue weighted by Crippen LogP contribution is 2.37. The molecule has 3 fully saturated rings. The Labute approximate surface area is 65.6 Å². The number of fused-ring (bicyclic) bond motifs is 2. The predicted molar refractivity (Wildman–Crippen MR) is 37.1 cm³/mol.